The maximum absolute atomic E-state index is 12.6. The first-order chi connectivity index (χ1) is 14.5. The van der Waals surface area contributed by atoms with Crippen molar-refractivity contribution in [2.45, 2.75) is 39.3 Å². The molecule has 2 unspecified atom stereocenters. The Labute approximate surface area is 177 Å². The predicted octanol–water partition coefficient (Wildman–Crippen LogP) is 2.90. The van der Waals surface area contributed by atoms with Crippen molar-refractivity contribution in [3.63, 3.8) is 0 Å². The van der Waals surface area contributed by atoms with Crippen molar-refractivity contribution >= 4 is 5.91 Å². The summed E-state index contributed by atoms with van der Waals surface area (Å²) in [6, 6.07) is 9.43. The number of nitrogens with one attached hydrogen (secondary N) is 1. The number of ether oxygens (including phenoxy) is 2. The number of rotatable bonds is 7. The van der Waals surface area contributed by atoms with E-state index in [-0.39, 0.29) is 17.4 Å². The molecule has 0 radical (unpaired) electrons. The van der Waals surface area contributed by atoms with Gasteiger partial charge in [-0.25, -0.2) is 0 Å². The molecule has 2 aliphatic rings. The Morgan fingerprint density at radius 1 is 1.27 bits per heavy atom. The largest absolute Gasteiger partial charge is 0.497 e. The molecule has 7 heteroatoms. The highest BCUT2D eigenvalue weighted by atomic mass is 16.5. The van der Waals surface area contributed by atoms with E-state index < -0.39 is 0 Å². The number of morpholine rings is 1. The summed E-state index contributed by atoms with van der Waals surface area (Å²) in [5.41, 5.74) is 1.65. The molecule has 30 heavy (non-hydrogen) atoms. The van der Waals surface area contributed by atoms with Gasteiger partial charge in [-0.2, -0.15) is 0 Å². The fourth-order valence-electron chi connectivity index (χ4n) is 4.35. The highest BCUT2D eigenvalue weighted by Crippen LogP contribution is 2.47. The molecule has 2 heterocycles. The van der Waals surface area contributed by atoms with Gasteiger partial charge < -0.3 is 19.3 Å². The number of methoxy groups -OCH3 is 1. The molecule has 1 N–H and O–H groups in total. The second kappa shape index (κ2) is 8.78. The zero-order valence-corrected chi connectivity index (χ0v) is 18.0. The predicted molar refractivity (Wildman–Crippen MR) is 112 cm³/mol. The summed E-state index contributed by atoms with van der Waals surface area (Å²) in [6.07, 6.45) is 1.81. The Morgan fingerprint density at radius 2 is 2.00 bits per heavy atom. The minimum Gasteiger partial charge on any atom is -0.497 e. The van der Waals surface area contributed by atoms with Gasteiger partial charge in [0.15, 0.2) is 5.76 Å². The van der Waals surface area contributed by atoms with Crippen molar-refractivity contribution in [3.8, 4) is 5.75 Å². The standard InChI is InChI=1S/C23H31N3O4/c1-23(2)17(12-18-14-20(30-25-18)15-26-8-10-29-11-9-26)13-21(23)24-22(27)16-4-6-19(28-3)7-5-16/h4-7,14,17,21H,8-13,15H2,1-3H3,(H,24,27). The summed E-state index contributed by atoms with van der Waals surface area (Å²) in [6.45, 7) is 8.64. The summed E-state index contributed by atoms with van der Waals surface area (Å²) in [7, 11) is 1.62. The van der Waals surface area contributed by atoms with Crippen molar-refractivity contribution in [1.29, 1.82) is 0 Å². The van der Waals surface area contributed by atoms with Crippen LogP contribution in [-0.2, 0) is 17.7 Å². The normalized spacial score (nSPS) is 23.6. The van der Waals surface area contributed by atoms with Crippen molar-refractivity contribution in [3.05, 3.63) is 47.3 Å². The van der Waals surface area contributed by atoms with Crippen LogP contribution in [-0.4, -0.2) is 55.4 Å². The minimum absolute atomic E-state index is 0.00541. The van der Waals surface area contributed by atoms with Crippen LogP contribution < -0.4 is 10.1 Å². The van der Waals surface area contributed by atoms with Crippen LogP contribution in [0.2, 0.25) is 0 Å². The SMILES string of the molecule is COc1ccc(C(=O)NC2CC(Cc3cc(CN4CCOCC4)on3)C2(C)C)cc1. The molecule has 1 aromatic heterocycles. The lowest BCUT2D eigenvalue weighted by Gasteiger charge is -2.52. The number of benzene rings is 1. The van der Waals surface area contributed by atoms with Crippen molar-refractivity contribution < 1.29 is 18.8 Å². The highest BCUT2D eigenvalue weighted by Gasteiger charge is 2.48. The summed E-state index contributed by atoms with van der Waals surface area (Å²) in [5, 5.41) is 7.48. The summed E-state index contributed by atoms with van der Waals surface area (Å²) >= 11 is 0. The van der Waals surface area contributed by atoms with Crippen molar-refractivity contribution in [1.82, 2.24) is 15.4 Å². The van der Waals surface area contributed by atoms with Crippen LogP contribution in [0.5, 0.6) is 5.75 Å². The van der Waals surface area contributed by atoms with Gasteiger partial charge in [-0.05, 0) is 48.4 Å². The van der Waals surface area contributed by atoms with Crippen LogP contribution in [0, 0.1) is 11.3 Å². The Hall–Kier alpha value is -2.38. The van der Waals surface area contributed by atoms with Crippen LogP contribution in [0.15, 0.2) is 34.9 Å². The zero-order chi connectivity index (χ0) is 21.1. The van der Waals surface area contributed by atoms with Gasteiger partial charge in [0, 0.05) is 30.8 Å². The van der Waals surface area contributed by atoms with Gasteiger partial charge >= 0.3 is 0 Å². The molecule has 1 aliphatic heterocycles. The molecule has 2 atom stereocenters. The molecule has 1 amide bonds. The Kier molecular flexibility index (Phi) is 6.11. The third-order valence-electron chi connectivity index (χ3n) is 6.67. The van der Waals surface area contributed by atoms with Crippen LogP contribution >= 0.6 is 0 Å². The van der Waals surface area contributed by atoms with Crippen LogP contribution in [0.25, 0.3) is 0 Å². The smallest absolute Gasteiger partial charge is 0.251 e. The molecular weight excluding hydrogens is 382 g/mol. The van der Waals surface area contributed by atoms with Crippen LogP contribution in [0.4, 0.5) is 0 Å². The van der Waals surface area contributed by atoms with Crippen molar-refractivity contribution in [2.75, 3.05) is 33.4 Å². The Morgan fingerprint density at radius 3 is 2.67 bits per heavy atom. The molecule has 2 aromatic rings. The lowest BCUT2D eigenvalue weighted by Crippen LogP contribution is -2.58. The first kappa shape index (κ1) is 20.9. The van der Waals surface area contributed by atoms with Gasteiger partial charge in [0.1, 0.15) is 5.75 Å². The molecule has 1 aromatic carbocycles. The highest BCUT2D eigenvalue weighted by molar-refractivity contribution is 5.94. The lowest BCUT2D eigenvalue weighted by atomic mass is 9.57. The number of nitrogens with zero attached hydrogens (tertiary/aromatic N) is 2. The van der Waals surface area contributed by atoms with Crippen LogP contribution in [0.3, 0.4) is 0 Å². The second-order valence-electron chi connectivity index (χ2n) is 8.89. The van der Waals surface area contributed by atoms with E-state index in [1.807, 2.05) is 12.1 Å². The first-order valence-corrected chi connectivity index (χ1v) is 10.6. The van der Waals surface area contributed by atoms with E-state index >= 15 is 0 Å². The van der Waals surface area contributed by atoms with Gasteiger partial charge in [0.05, 0.1) is 32.6 Å². The van der Waals surface area contributed by atoms with Gasteiger partial charge in [-0.3, -0.25) is 9.69 Å². The van der Waals surface area contributed by atoms with E-state index in [0.29, 0.717) is 11.5 Å². The quantitative estimate of drug-likeness (QED) is 0.752. The monoisotopic (exact) mass is 413 g/mol. The fourth-order valence-corrected chi connectivity index (χ4v) is 4.35. The fraction of sp³-hybridized carbons (Fsp3) is 0.565. The Bertz CT molecular complexity index is 856. The molecule has 7 nitrogen and oxygen atoms in total. The molecule has 4 rings (SSSR count). The van der Waals surface area contributed by atoms with Gasteiger partial charge in [0.2, 0.25) is 0 Å². The first-order valence-electron chi connectivity index (χ1n) is 10.6. The molecule has 162 valence electrons. The summed E-state index contributed by atoms with van der Waals surface area (Å²) < 4.78 is 16.1. The maximum Gasteiger partial charge on any atom is 0.251 e. The Balaban J connectivity index is 1.29. The minimum atomic E-state index is -0.0385. The topological polar surface area (TPSA) is 76.8 Å². The van der Waals surface area contributed by atoms with Gasteiger partial charge in [-0.15, -0.1) is 0 Å². The molecule has 1 saturated carbocycles. The number of amides is 1. The average Bonchev–Trinajstić information content (AvgIpc) is 3.20. The molecular formula is C23H31N3O4. The van der Waals surface area contributed by atoms with Gasteiger partial charge in [-0.1, -0.05) is 19.0 Å². The number of hydrogen-bond acceptors (Lipinski definition) is 6. The summed E-state index contributed by atoms with van der Waals surface area (Å²) in [5.74, 6) is 2.08. The molecule has 0 bridgehead atoms. The van der Waals surface area contributed by atoms with Gasteiger partial charge in [0.25, 0.3) is 5.91 Å². The number of hydrogen-bond donors (Lipinski definition) is 1. The zero-order valence-electron chi connectivity index (χ0n) is 18.0. The summed E-state index contributed by atoms with van der Waals surface area (Å²) in [4.78, 5) is 14.9. The van der Waals surface area contributed by atoms with E-state index in [9.17, 15) is 4.79 Å². The van der Waals surface area contributed by atoms with E-state index in [2.05, 4.69) is 35.3 Å². The molecule has 1 aliphatic carbocycles. The number of carbonyl (C=O) groups is 1. The van der Waals surface area contributed by atoms with E-state index in [0.717, 1.165) is 62.9 Å². The van der Waals surface area contributed by atoms with E-state index in [1.165, 1.54) is 0 Å². The number of carbonyl (C=O) groups excluding carboxylic acids is 1. The van der Waals surface area contributed by atoms with E-state index in [1.54, 1.807) is 19.2 Å². The molecule has 1 saturated heterocycles. The molecule has 0 spiro atoms. The van der Waals surface area contributed by atoms with Crippen molar-refractivity contribution in [2.24, 2.45) is 11.3 Å². The average molecular weight is 414 g/mol. The third-order valence-corrected chi connectivity index (χ3v) is 6.67. The third kappa shape index (κ3) is 4.52. The van der Waals surface area contributed by atoms with Crippen LogP contribution in [0.1, 0.15) is 42.1 Å². The maximum atomic E-state index is 12.6. The molecule has 2 fully saturated rings. The van der Waals surface area contributed by atoms with E-state index in [4.69, 9.17) is 14.0 Å². The second-order valence-corrected chi connectivity index (χ2v) is 8.89. The number of aromatic nitrogens is 1. The lowest BCUT2D eigenvalue weighted by molar-refractivity contribution is 0.0138.